The highest BCUT2D eigenvalue weighted by atomic mass is 35.5. The van der Waals surface area contributed by atoms with Crippen molar-refractivity contribution in [1.82, 2.24) is 0 Å². The number of rotatable bonds is 6. The molecule has 0 aromatic rings. The first-order valence-electron chi connectivity index (χ1n) is 3.98. The Hall–Kier alpha value is 0.250. The molecule has 0 amide bonds. The quantitative estimate of drug-likeness (QED) is 0.472. The van der Waals surface area contributed by atoms with E-state index in [4.69, 9.17) is 16.7 Å². The van der Waals surface area contributed by atoms with E-state index < -0.39 is 0 Å². The van der Waals surface area contributed by atoms with Crippen LogP contribution in [0, 0.1) is 5.92 Å². The van der Waals surface area contributed by atoms with Gasteiger partial charge in [-0.3, -0.25) is 0 Å². The normalized spacial score (nSPS) is 13.5. The Morgan fingerprint density at radius 1 is 1.30 bits per heavy atom. The monoisotopic (exact) mass is 164 g/mol. The van der Waals surface area contributed by atoms with Crippen LogP contribution in [0.5, 0.6) is 0 Å². The smallest absolute Gasteiger partial charge is 0.0431 e. The highest BCUT2D eigenvalue weighted by Gasteiger charge is 1.99. The molecule has 0 fully saturated rings. The number of halogens is 1. The molecule has 0 saturated carbocycles. The van der Waals surface area contributed by atoms with Gasteiger partial charge in [0, 0.05) is 12.5 Å². The minimum atomic E-state index is 0.327. The van der Waals surface area contributed by atoms with Crippen LogP contribution in [0.4, 0.5) is 0 Å². The maximum Gasteiger partial charge on any atom is 0.0431 e. The summed E-state index contributed by atoms with van der Waals surface area (Å²) in [5, 5.41) is 8.48. The number of hydrogen-bond acceptors (Lipinski definition) is 1. The molecular weight excluding hydrogens is 148 g/mol. The molecule has 0 radical (unpaired) electrons. The molecule has 0 aliphatic carbocycles. The molecule has 10 heavy (non-hydrogen) atoms. The molecule has 0 aliphatic heterocycles. The maximum absolute atomic E-state index is 8.48. The van der Waals surface area contributed by atoms with Crippen molar-refractivity contribution in [2.75, 3.05) is 12.5 Å². The van der Waals surface area contributed by atoms with Crippen LogP contribution < -0.4 is 0 Å². The topological polar surface area (TPSA) is 20.2 Å². The molecule has 0 heterocycles. The van der Waals surface area contributed by atoms with Gasteiger partial charge in [0.05, 0.1) is 0 Å². The summed E-state index contributed by atoms with van der Waals surface area (Å²) in [7, 11) is 0. The van der Waals surface area contributed by atoms with Gasteiger partial charge in [0.15, 0.2) is 0 Å². The maximum atomic E-state index is 8.48. The Bertz CT molecular complexity index is 66.3. The number of hydrogen-bond donors (Lipinski definition) is 1. The molecule has 0 unspecified atom stereocenters. The first kappa shape index (κ1) is 10.2. The van der Waals surface area contributed by atoms with E-state index in [1.807, 2.05) is 0 Å². The molecule has 0 bridgehead atoms. The lowest BCUT2D eigenvalue weighted by atomic mass is 10.0. The Morgan fingerprint density at radius 2 is 2.00 bits per heavy atom. The molecule has 0 aromatic heterocycles. The van der Waals surface area contributed by atoms with Gasteiger partial charge in [-0.15, -0.1) is 11.6 Å². The standard InChI is InChI=1S/C8H17ClO/c1-8(5-6-9)4-2-3-7-10/h8,10H,2-7H2,1H3/t8-/m0/s1. The summed E-state index contributed by atoms with van der Waals surface area (Å²) in [6, 6.07) is 0. The zero-order valence-electron chi connectivity index (χ0n) is 6.65. The van der Waals surface area contributed by atoms with Crippen molar-refractivity contribution in [3.63, 3.8) is 0 Å². The van der Waals surface area contributed by atoms with Gasteiger partial charge < -0.3 is 5.11 Å². The van der Waals surface area contributed by atoms with E-state index in [0.29, 0.717) is 6.61 Å². The average Bonchev–Trinajstić information content (AvgIpc) is 1.89. The molecule has 1 atom stereocenters. The Balaban J connectivity index is 2.97. The van der Waals surface area contributed by atoms with Crippen LogP contribution >= 0.6 is 11.6 Å². The molecule has 0 rings (SSSR count). The molecule has 0 spiro atoms. The SMILES string of the molecule is C[C@H](CCCl)CCCCO. The fourth-order valence-electron chi connectivity index (χ4n) is 0.935. The number of aliphatic hydroxyl groups excluding tert-OH is 1. The predicted molar refractivity (Wildman–Crippen MR) is 45.4 cm³/mol. The Morgan fingerprint density at radius 3 is 2.50 bits per heavy atom. The predicted octanol–water partition coefficient (Wildman–Crippen LogP) is 2.41. The largest absolute Gasteiger partial charge is 0.396 e. The van der Waals surface area contributed by atoms with Gasteiger partial charge in [0.2, 0.25) is 0 Å². The average molecular weight is 165 g/mol. The third kappa shape index (κ3) is 6.37. The van der Waals surface area contributed by atoms with Gasteiger partial charge >= 0.3 is 0 Å². The van der Waals surface area contributed by atoms with Crippen LogP contribution in [0.3, 0.4) is 0 Å². The van der Waals surface area contributed by atoms with Crippen molar-refractivity contribution in [2.24, 2.45) is 5.92 Å². The fourth-order valence-corrected chi connectivity index (χ4v) is 1.31. The first-order valence-corrected chi connectivity index (χ1v) is 4.51. The van der Waals surface area contributed by atoms with E-state index in [2.05, 4.69) is 6.92 Å². The Labute approximate surface area is 68.4 Å². The van der Waals surface area contributed by atoms with Crippen molar-refractivity contribution in [2.45, 2.75) is 32.6 Å². The minimum Gasteiger partial charge on any atom is -0.396 e. The number of alkyl halides is 1. The van der Waals surface area contributed by atoms with E-state index in [-0.39, 0.29) is 0 Å². The summed E-state index contributed by atoms with van der Waals surface area (Å²) in [6.45, 7) is 2.54. The van der Waals surface area contributed by atoms with Crippen molar-refractivity contribution < 1.29 is 5.11 Å². The van der Waals surface area contributed by atoms with Gasteiger partial charge in [-0.1, -0.05) is 19.8 Å². The van der Waals surface area contributed by atoms with E-state index in [1.165, 1.54) is 6.42 Å². The number of aliphatic hydroxyl groups is 1. The third-order valence-electron chi connectivity index (χ3n) is 1.71. The van der Waals surface area contributed by atoms with E-state index in [0.717, 1.165) is 31.1 Å². The molecule has 1 N–H and O–H groups in total. The summed E-state index contributed by atoms with van der Waals surface area (Å²) < 4.78 is 0. The lowest BCUT2D eigenvalue weighted by Crippen LogP contribution is -1.96. The zero-order valence-corrected chi connectivity index (χ0v) is 7.40. The summed E-state index contributed by atoms with van der Waals surface area (Å²) in [6.07, 6.45) is 4.38. The fraction of sp³-hybridized carbons (Fsp3) is 1.00. The molecule has 1 nitrogen and oxygen atoms in total. The van der Waals surface area contributed by atoms with Crippen LogP contribution in [0.1, 0.15) is 32.6 Å². The van der Waals surface area contributed by atoms with Crippen molar-refractivity contribution >= 4 is 11.6 Å². The van der Waals surface area contributed by atoms with E-state index in [9.17, 15) is 0 Å². The van der Waals surface area contributed by atoms with Crippen molar-refractivity contribution in [3.8, 4) is 0 Å². The van der Waals surface area contributed by atoms with Gasteiger partial charge in [0.1, 0.15) is 0 Å². The van der Waals surface area contributed by atoms with E-state index in [1.54, 1.807) is 0 Å². The molecular formula is C8H17ClO. The van der Waals surface area contributed by atoms with Gasteiger partial charge in [-0.25, -0.2) is 0 Å². The second-order valence-corrected chi connectivity index (χ2v) is 3.18. The van der Waals surface area contributed by atoms with Crippen LogP contribution in [-0.4, -0.2) is 17.6 Å². The number of unbranched alkanes of at least 4 members (excludes halogenated alkanes) is 1. The summed E-state index contributed by atoms with van der Waals surface area (Å²) in [4.78, 5) is 0. The van der Waals surface area contributed by atoms with Crippen LogP contribution in [0.2, 0.25) is 0 Å². The summed E-state index contributed by atoms with van der Waals surface area (Å²) >= 11 is 5.56. The van der Waals surface area contributed by atoms with Crippen LogP contribution in [-0.2, 0) is 0 Å². The van der Waals surface area contributed by atoms with Crippen LogP contribution in [0.15, 0.2) is 0 Å². The van der Waals surface area contributed by atoms with E-state index >= 15 is 0 Å². The summed E-state index contributed by atoms with van der Waals surface area (Å²) in [5.41, 5.74) is 0. The molecule has 0 aliphatic rings. The summed E-state index contributed by atoms with van der Waals surface area (Å²) in [5.74, 6) is 1.49. The second kappa shape index (κ2) is 7.36. The molecule has 62 valence electrons. The zero-order chi connectivity index (χ0) is 7.82. The van der Waals surface area contributed by atoms with Gasteiger partial charge in [-0.2, -0.15) is 0 Å². The minimum absolute atomic E-state index is 0.327. The van der Waals surface area contributed by atoms with Gasteiger partial charge in [-0.05, 0) is 18.8 Å². The van der Waals surface area contributed by atoms with Gasteiger partial charge in [0.25, 0.3) is 0 Å². The van der Waals surface area contributed by atoms with Crippen molar-refractivity contribution in [1.29, 1.82) is 0 Å². The van der Waals surface area contributed by atoms with Crippen molar-refractivity contribution in [3.05, 3.63) is 0 Å². The lowest BCUT2D eigenvalue weighted by Gasteiger charge is -2.07. The Kier molecular flexibility index (Phi) is 7.54. The van der Waals surface area contributed by atoms with Crippen LogP contribution in [0.25, 0.3) is 0 Å². The highest BCUT2D eigenvalue weighted by Crippen LogP contribution is 2.11. The third-order valence-corrected chi connectivity index (χ3v) is 1.93. The molecule has 2 heteroatoms. The second-order valence-electron chi connectivity index (χ2n) is 2.80. The molecule has 0 aromatic carbocycles. The lowest BCUT2D eigenvalue weighted by molar-refractivity contribution is 0.278. The first-order chi connectivity index (χ1) is 4.81. The molecule has 0 saturated heterocycles. The highest BCUT2D eigenvalue weighted by molar-refractivity contribution is 6.17.